The van der Waals surface area contributed by atoms with Crippen molar-refractivity contribution >= 4 is 5.97 Å². The SMILES string of the molecule is C=C/C=C(\C(=C)C1=CC=C(CC)CC1)C(=O)OC(C)(C)C. The standard InChI is InChI=1S/C19H26O2/c1-7-9-17(18(20)21-19(4,5)6)14(3)16-12-10-15(8-2)11-13-16/h7,9-10,12H,1,3,8,11,13H2,2,4-6H3/b17-9+. The predicted octanol–water partition coefficient (Wildman–Crippen LogP) is 5.05. The van der Waals surface area contributed by atoms with Crippen molar-refractivity contribution in [3.8, 4) is 0 Å². The van der Waals surface area contributed by atoms with Crippen LogP contribution in [0.5, 0.6) is 0 Å². The van der Waals surface area contributed by atoms with Crippen molar-refractivity contribution in [3.05, 3.63) is 59.8 Å². The Kier molecular flexibility index (Phi) is 5.95. The maximum Gasteiger partial charge on any atom is 0.339 e. The van der Waals surface area contributed by atoms with Gasteiger partial charge in [0, 0.05) is 0 Å². The largest absolute Gasteiger partial charge is 0.456 e. The Balaban J connectivity index is 2.97. The number of rotatable bonds is 5. The van der Waals surface area contributed by atoms with Crippen LogP contribution < -0.4 is 0 Å². The molecule has 1 aliphatic rings. The molecular formula is C19H26O2. The van der Waals surface area contributed by atoms with Gasteiger partial charge in [-0.3, -0.25) is 0 Å². The number of hydrogen-bond donors (Lipinski definition) is 0. The van der Waals surface area contributed by atoms with Crippen LogP contribution in [-0.4, -0.2) is 11.6 Å². The van der Waals surface area contributed by atoms with E-state index >= 15 is 0 Å². The van der Waals surface area contributed by atoms with Gasteiger partial charge in [0.1, 0.15) is 5.60 Å². The molecule has 0 heterocycles. The highest BCUT2D eigenvalue weighted by Gasteiger charge is 2.23. The van der Waals surface area contributed by atoms with Crippen LogP contribution in [0, 0.1) is 0 Å². The Morgan fingerprint density at radius 2 is 2.00 bits per heavy atom. The molecule has 0 unspecified atom stereocenters. The van der Waals surface area contributed by atoms with Crippen molar-refractivity contribution in [2.75, 3.05) is 0 Å². The lowest BCUT2D eigenvalue weighted by atomic mass is 9.89. The molecule has 0 aliphatic heterocycles. The summed E-state index contributed by atoms with van der Waals surface area (Å²) in [7, 11) is 0. The quantitative estimate of drug-likeness (QED) is 0.401. The molecule has 0 amide bonds. The zero-order valence-electron chi connectivity index (χ0n) is 13.7. The molecule has 0 saturated carbocycles. The van der Waals surface area contributed by atoms with Gasteiger partial charge in [-0.05, 0) is 57.3 Å². The lowest BCUT2D eigenvalue weighted by molar-refractivity contribution is -0.149. The highest BCUT2D eigenvalue weighted by molar-refractivity contribution is 5.95. The van der Waals surface area contributed by atoms with Gasteiger partial charge in [0.25, 0.3) is 0 Å². The van der Waals surface area contributed by atoms with E-state index in [1.807, 2.05) is 20.8 Å². The summed E-state index contributed by atoms with van der Waals surface area (Å²) in [6.45, 7) is 15.5. The van der Waals surface area contributed by atoms with Crippen molar-refractivity contribution in [3.63, 3.8) is 0 Å². The fourth-order valence-electron chi connectivity index (χ4n) is 2.14. The maximum absolute atomic E-state index is 12.3. The molecule has 1 rings (SSSR count). The zero-order valence-corrected chi connectivity index (χ0v) is 13.7. The van der Waals surface area contributed by atoms with Gasteiger partial charge >= 0.3 is 5.97 Å². The fourth-order valence-corrected chi connectivity index (χ4v) is 2.14. The molecule has 114 valence electrons. The molecule has 2 heteroatoms. The first-order chi connectivity index (χ1) is 9.78. The van der Waals surface area contributed by atoms with Crippen molar-refractivity contribution in [2.24, 2.45) is 0 Å². The Bertz CT molecular complexity index is 522. The predicted molar refractivity (Wildman–Crippen MR) is 89.0 cm³/mol. The lowest BCUT2D eigenvalue weighted by Gasteiger charge is -2.22. The van der Waals surface area contributed by atoms with Gasteiger partial charge in [-0.2, -0.15) is 0 Å². The van der Waals surface area contributed by atoms with Gasteiger partial charge in [0.05, 0.1) is 5.57 Å². The van der Waals surface area contributed by atoms with Gasteiger partial charge in [-0.25, -0.2) is 4.79 Å². The summed E-state index contributed by atoms with van der Waals surface area (Å²) >= 11 is 0. The van der Waals surface area contributed by atoms with E-state index in [1.54, 1.807) is 12.2 Å². The van der Waals surface area contributed by atoms with Crippen molar-refractivity contribution in [2.45, 2.75) is 52.6 Å². The van der Waals surface area contributed by atoms with E-state index in [0.29, 0.717) is 5.57 Å². The third kappa shape index (κ3) is 5.22. The average Bonchev–Trinajstić information content (AvgIpc) is 2.42. The topological polar surface area (TPSA) is 26.3 Å². The first-order valence-corrected chi connectivity index (χ1v) is 7.42. The summed E-state index contributed by atoms with van der Waals surface area (Å²) in [4.78, 5) is 12.3. The lowest BCUT2D eigenvalue weighted by Crippen LogP contribution is -2.25. The molecule has 0 N–H and O–H groups in total. The Morgan fingerprint density at radius 3 is 2.43 bits per heavy atom. The van der Waals surface area contributed by atoms with E-state index < -0.39 is 5.60 Å². The minimum Gasteiger partial charge on any atom is -0.456 e. The van der Waals surface area contributed by atoms with E-state index in [2.05, 4.69) is 32.2 Å². The summed E-state index contributed by atoms with van der Waals surface area (Å²) in [5, 5.41) is 0. The van der Waals surface area contributed by atoms with Crippen molar-refractivity contribution in [1.82, 2.24) is 0 Å². The zero-order chi connectivity index (χ0) is 16.0. The molecule has 0 saturated heterocycles. The monoisotopic (exact) mass is 286 g/mol. The number of carbonyl (C=O) groups excluding carboxylic acids is 1. The second kappa shape index (κ2) is 7.26. The molecular weight excluding hydrogens is 260 g/mol. The summed E-state index contributed by atoms with van der Waals surface area (Å²) in [5.74, 6) is -0.349. The van der Waals surface area contributed by atoms with Gasteiger partial charge in [-0.15, -0.1) is 0 Å². The third-order valence-electron chi connectivity index (χ3n) is 3.31. The second-order valence-corrected chi connectivity index (χ2v) is 6.17. The molecule has 0 atom stereocenters. The van der Waals surface area contributed by atoms with Crippen LogP contribution in [0.15, 0.2) is 59.8 Å². The number of esters is 1. The number of carbonyl (C=O) groups is 1. The second-order valence-electron chi connectivity index (χ2n) is 6.17. The summed E-state index contributed by atoms with van der Waals surface area (Å²) in [6.07, 6.45) is 10.5. The molecule has 0 radical (unpaired) electrons. The molecule has 1 aliphatic carbocycles. The molecule has 0 bridgehead atoms. The number of allylic oxidation sites excluding steroid dienone is 6. The Morgan fingerprint density at radius 1 is 1.33 bits per heavy atom. The molecule has 0 aromatic carbocycles. The smallest absolute Gasteiger partial charge is 0.339 e. The molecule has 2 nitrogen and oxygen atoms in total. The summed E-state index contributed by atoms with van der Waals surface area (Å²) < 4.78 is 5.45. The van der Waals surface area contributed by atoms with E-state index in [9.17, 15) is 4.79 Å². The highest BCUT2D eigenvalue weighted by atomic mass is 16.6. The van der Waals surface area contributed by atoms with Crippen LogP contribution in [-0.2, 0) is 9.53 Å². The molecule has 0 fully saturated rings. The van der Waals surface area contributed by atoms with Gasteiger partial charge in [0.2, 0.25) is 0 Å². The van der Waals surface area contributed by atoms with Gasteiger partial charge in [0.15, 0.2) is 0 Å². The molecule has 0 spiro atoms. The van der Waals surface area contributed by atoms with Crippen LogP contribution in [0.1, 0.15) is 47.0 Å². The van der Waals surface area contributed by atoms with E-state index in [1.165, 1.54) is 5.57 Å². The number of hydrogen-bond acceptors (Lipinski definition) is 2. The Labute approximate surface area is 128 Å². The average molecular weight is 286 g/mol. The third-order valence-corrected chi connectivity index (χ3v) is 3.31. The maximum atomic E-state index is 12.3. The van der Waals surface area contributed by atoms with Gasteiger partial charge < -0.3 is 4.74 Å². The van der Waals surface area contributed by atoms with E-state index in [0.717, 1.165) is 30.4 Å². The van der Waals surface area contributed by atoms with Crippen molar-refractivity contribution in [1.29, 1.82) is 0 Å². The van der Waals surface area contributed by atoms with Crippen LogP contribution >= 0.6 is 0 Å². The minimum atomic E-state index is -0.520. The van der Waals surface area contributed by atoms with E-state index in [4.69, 9.17) is 4.74 Å². The molecule has 0 aromatic heterocycles. The summed E-state index contributed by atoms with van der Waals surface area (Å²) in [5.41, 5.74) is 3.22. The normalized spacial score (nSPS) is 15.9. The first-order valence-electron chi connectivity index (χ1n) is 7.42. The van der Waals surface area contributed by atoms with Crippen LogP contribution in [0.3, 0.4) is 0 Å². The van der Waals surface area contributed by atoms with Crippen molar-refractivity contribution < 1.29 is 9.53 Å². The molecule has 21 heavy (non-hydrogen) atoms. The Hall–Kier alpha value is -1.83. The first kappa shape index (κ1) is 17.2. The van der Waals surface area contributed by atoms with Crippen LogP contribution in [0.2, 0.25) is 0 Å². The highest BCUT2D eigenvalue weighted by Crippen LogP contribution is 2.29. The van der Waals surface area contributed by atoms with Crippen LogP contribution in [0.25, 0.3) is 0 Å². The molecule has 0 aromatic rings. The summed E-state index contributed by atoms with van der Waals surface area (Å²) in [6, 6.07) is 0. The van der Waals surface area contributed by atoms with Gasteiger partial charge in [-0.1, -0.05) is 43.9 Å². The van der Waals surface area contributed by atoms with E-state index in [-0.39, 0.29) is 5.97 Å². The fraction of sp³-hybridized carbons (Fsp3) is 0.421. The minimum absolute atomic E-state index is 0.349. The number of ether oxygens (including phenoxy) is 1. The van der Waals surface area contributed by atoms with Crippen LogP contribution in [0.4, 0.5) is 0 Å².